The minimum absolute atomic E-state index is 0.419. The van der Waals surface area contributed by atoms with Crippen molar-refractivity contribution in [3.05, 3.63) is 150 Å². The zero-order chi connectivity index (χ0) is 29.1. The highest BCUT2D eigenvalue weighted by Gasteiger charge is 2.39. The number of hydrogen-bond acceptors (Lipinski definition) is 3. The molecule has 0 amide bonds. The van der Waals surface area contributed by atoms with E-state index in [0.717, 1.165) is 49.3 Å². The van der Waals surface area contributed by atoms with Crippen LogP contribution >= 0.6 is 11.8 Å². The van der Waals surface area contributed by atoms with Gasteiger partial charge in [0.2, 0.25) is 0 Å². The molecule has 1 aliphatic heterocycles. The number of para-hydroxylation sites is 1. The molecule has 0 saturated heterocycles. The number of benzene rings is 4. The van der Waals surface area contributed by atoms with Gasteiger partial charge >= 0.3 is 0 Å². The Morgan fingerprint density at radius 3 is 2.33 bits per heavy atom. The Kier molecular flexibility index (Phi) is 5.98. The van der Waals surface area contributed by atoms with Crippen LogP contribution in [-0.4, -0.2) is 14.5 Å². The predicted molar refractivity (Wildman–Crippen MR) is 174 cm³/mol. The first-order valence-corrected chi connectivity index (χ1v) is 15.3. The Balaban J connectivity index is 1.46. The number of pyridine rings is 2. The number of fused-ring (bicyclic) bond motifs is 6. The third kappa shape index (κ3) is 4.03. The molecule has 0 aliphatic carbocycles. The SMILES string of the molecule is CC1(C)c2ccccc2Sc2c1c(C(F)c1cccc(-c3ccccn3)c1)cc1c2c2ccccc2n1-c1ccccn1. The third-order valence-corrected chi connectivity index (χ3v) is 9.82. The summed E-state index contributed by atoms with van der Waals surface area (Å²) in [7, 11) is 0. The fourth-order valence-corrected chi connectivity index (χ4v) is 8.27. The maximum atomic E-state index is 17.3. The van der Waals surface area contributed by atoms with Gasteiger partial charge in [-0.25, -0.2) is 9.37 Å². The number of aromatic nitrogens is 3. The lowest BCUT2D eigenvalue weighted by atomic mass is 9.74. The molecule has 1 unspecified atom stereocenters. The van der Waals surface area contributed by atoms with Crippen molar-refractivity contribution in [3.8, 4) is 17.1 Å². The Morgan fingerprint density at radius 2 is 1.51 bits per heavy atom. The predicted octanol–water partition coefficient (Wildman–Crippen LogP) is 10.1. The smallest absolute Gasteiger partial charge is 0.151 e. The highest BCUT2D eigenvalue weighted by molar-refractivity contribution is 7.99. The summed E-state index contributed by atoms with van der Waals surface area (Å²) in [5, 5.41) is 2.28. The van der Waals surface area contributed by atoms with E-state index in [-0.39, 0.29) is 0 Å². The first kappa shape index (κ1) is 25.9. The summed E-state index contributed by atoms with van der Waals surface area (Å²) >= 11 is 1.75. The van der Waals surface area contributed by atoms with Crippen LogP contribution in [0.5, 0.6) is 0 Å². The zero-order valence-electron chi connectivity index (χ0n) is 23.8. The largest absolute Gasteiger partial charge is 0.294 e. The summed E-state index contributed by atoms with van der Waals surface area (Å²) in [4.78, 5) is 11.6. The lowest BCUT2D eigenvalue weighted by Crippen LogP contribution is -2.26. The van der Waals surface area contributed by atoms with E-state index >= 15 is 4.39 Å². The Morgan fingerprint density at radius 1 is 0.744 bits per heavy atom. The van der Waals surface area contributed by atoms with E-state index in [2.05, 4.69) is 78.0 Å². The molecule has 3 nitrogen and oxygen atoms in total. The molecule has 208 valence electrons. The number of alkyl halides is 1. The Labute approximate surface area is 254 Å². The minimum Gasteiger partial charge on any atom is -0.294 e. The molecule has 0 bridgehead atoms. The van der Waals surface area contributed by atoms with Crippen molar-refractivity contribution in [3.63, 3.8) is 0 Å². The molecule has 4 heterocycles. The van der Waals surface area contributed by atoms with E-state index in [1.54, 1.807) is 18.0 Å². The number of halogens is 1. The van der Waals surface area contributed by atoms with Gasteiger partial charge in [-0.1, -0.05) is 92.3 Å². The van der Waals surface area contributed by atoms with Gasteiger partial charge < -0.3 is 0 Å². The van der Waals surface area contributed by atoms with Crippen LogP contribution in [0.2, 0.25) is 0 Å². The maximum absolute atomic E-state index is 17.3. The molecular weight excluding hydrogens is 550 g/mol. The lowest BCUT2D eigenvalue weighted by molar-refractivity contribution is 0.393. The van der Waals surface area contributed by atoms with Gasteiger partial charge in [0.25, 0.3) is 0 Å². The van der Waals surface area contributed by atoms with Crippen molar-refractivity contribution in [2.24, 2.45) is 0 Å². The molecule has 1 aliphatic rings. The highest BCUT2D eigenvalue weighted by Crippen LogP contribution is 2.56. The Bertz CT molecular complexity index is 2150. The lowest BCUT2D eigenvalue weighted by Gasteiger charge is -2.37. The van der Waals surface area contributed by atoms with Gasteiger partial charge in [-0.2, -0.15) is 0 Å². The van der Waals surface area contributed by atoms with Gasteiger partial charge in [0.1, 0.15) is 5.82 Å². The van der Waals surface area contributed by atoms with Gasteiger partial charge in [0.15, 0.2) is 6.17 Å². The summed E-state index contributed by atoms with van der Waals surface area (Å²) in [5.41, 5.74) is 6.89. The van der Waals surface area contributed by atoms with Crippen LogP contribution in [0.25, 0.3) is 38.9 Å². The van der Waals surface area contributed by atoms with Crippen molar-refractivity contribution in [2.45, 2.75) is 35.2 Å². The second kappa shape index (κ2) is 9.92. The van der Waals surface area contributed by atoms with Gasteiger partial charge in [-0.05, 0) is 70.8 Å². The summed E-state index contributed by atoms with van der Waals surface area (Å²) in [6, 6.07) is 38.6. The molecule has 1 atom stereocenters. The monoisotopic (exact) mass is 577 g/mol. The van der Waals surface area contributed by atoms with E-state index < -0.39 is 11.6 Å². The molecule has 7 aromatic rings. The standard InChI is InChI=1S/C38H28FN3S/c1-38(2)28-15-4-6-18-32(28)43-37-34-26-14-3-5-17-30(26)42(33-19-8-10-21-41-33)31(34)23-27(35(37)38)36(39)25-13-11-12-24(22-25)29-16-7-9-20-40-29/h3-23,36H,1-2H3. The van der Waals surface area contributed by atoms with Gasteiger partial charge in [0.05, 0.1) is 16.7 Å². The molecule has 0 radical (unpaired) electrons. The Hall–Kier alpha value is -4.74. The van der Waals surface area contributed by atoms with Crippen LogP contribution in [0.3, 0.4) is 0 Å². The number of rotatable bonds is 4. The molecule has 5 heteroatoms. The maximum Gasteiger partial charge on any atom is 0.151 e. The quantitative estimate of drug-likeness (QED) is 0.209. The molecular formula is C38H28FN3S. The number of hydrogen-bond donors (Lipinski definition) is 0. The highest BCUT2D eigenvalue weighted by atomic mass is 32.2. The van der Waals surface area contributed by atoms with Crippen LogP contribution in [0.1, 0.15) is 42.3 Å². The zero-order valence-corrected chi connectivity index (χ0v) is 24.6. The van der Waals surface area contributed by atoms with Crippen molar-refractivity contribution < 1.29 is 4.39 Å². The first-order valence-electron chi connectivity index (χ1n) is 14.5. The van der Waals surface area contributed by atoms with E-state index in [4.69, 9.17) is 4.98 Å². The first-order chi connectivity index (χ1) is 21.0. The van der Waals surface area contributed by atoms with Crippen LogP contribution in [0, 0.1) is 0 Å². The van der Waals surface area contributed by atoms with Gasteiger partial charge in [0, 0.05) is 43.9 Å². The summed E-state index contributed by atoms with van der Waals surface area (Å²) in [5.74, 6) is 0.813. The molecule has 8 rings (SSSR count). The van der Waals surface area contributed by atoms with E-state index in [1.807, 2.05) is 66.9 Å². The average Bonchev–Trinajstić information content (AvgIpc) is 3.39. The number of nitrogens with zero attached hydrogens (tertiary/aromatic N) is 3. The fourth-order valence-electron chi connectivity index (χ4n) is 6.68. The van der Waals surface area contributed by atoms with Crippen LogP contribution in [-0.2, 0) is 5.41 Å². The molecule has 0 spiro atoms. The summed E-state index contributed by atoms with van der Waals surface area (Å²) < 4.78 is 19.5. The topological polar surface area (TPSA) is 30.7 Å². The minimum atomic E-state index is -1.35. The van der Waals surface area contributed by atoms with Gasteiger partial charge in [-0.3, -0.25) is 9.55 Å². The van der Waals surface area contributed by atoms with Crippen molar-refractivity contribution in [2.75, 3.05) is 0 Å². The molecule has 0 fully saturated rings. The average molecular weight is 578 g/mol. The fraction of sp³-hybridized carbons (Fsp3) is 0.105. The van der Waals surface area contributed by atoms with E-state index in [0.29, 0.717) is 11.1 Å². The summed E-state index contributed by atoms with van der Waals surface area (Å²) in [6.45, 7) is 4.46. The molecule has 0 saturated carbocycles. The van der Waals surface area contributed by atoms with Crippen molar-refractivity contribution in [1.29, 1.82) is 0 Å². The van der Waals surface area contributed by atoms with Crippen LogP contribution in [0.4, 0.5) is 4.39 Å². The molecule has 4 aromatic carbocycles. The summed E-state index contributed by atoms with van der Waals surface area (Å²) in [6.07, 6.45) is 2.24. The van der Waals surface area contributed by atoms with Crippen LogP contribution in [0.15, 0.2) is 137 Å². The molecule has 0 N–H and O–H groups in total. The second-order valence-corrected chi connectivity index (χ2v) is 12.6. The third-order valence-electron chi connectivity index (χ3n) is 8.64. The molecule has 43 heavy (non-hydrogen) atoms. The normalized spacial score (nSPS) is 14.4. The van der Waals surface area contributed by atoms with Crippen LogP contribution < -0.4 is 0 Å². The van der Waals surface area contributed by atoms with E-state index in [9.17, 15) is 0 Å². The molecule has 3 aromatic heterocycles. The van der Waals surface area contributed by atoms with E-state index in [1.165, 1.54) is 10.5 Å². The van der Waals surface area contributed by atoms with Crippen molar-refractivity contribution in [1.82, 2.24) is 14.5 Å². The second-order valence-electron chi connectivity index (χ2n) is 11.5. The van der Waals surface area contributed by atoms with Gasteiger partial charge in [-0.15, -0.1) is 0 Å². The van der Waals surface area contributed by atoms with Crippen molar-refractivity contribution >= 4 is 33.6 Å².